The third-order valence-corrected chi connectivity index (χ3v) is 5.51. The van der Waals surface area contributed by atoms with Crippen molar-refractivity contribution >= 4 is 21.6 Å². The second-order valence-electron chi connectivity index (χ2n) is 6.39. The van der Waals surface area contributed by atoms with Crippen molar-refractivity contribution in [1.29, 1.82) is 0 Å². The van der Waals surface area contributed by atoms with Gasteiger partial charge in [0.15, 0.2) is 0 Å². The number of hydrogen-bond acceptors (Lipinski definition) is 3. The lowest BCUT2D eigenvalue weighted by Gasteiger charge is -2.60. The van der Waals surface area contributed by atoms with Gasteiger partial charge in [0.2, 0.25) is 0 Å². The van der Waals surface area contributed by atoms with Crippen LogP contribution < -0.4 is 10.1 Å². The maximum absolute atomic E-state index is 5.96. The highest BCUT2D eigenvalue weighted by atomic mass is 79.9. The van der Waals surface area contributed by atoms with Crippen LogP contribution in [0.3, 0.4) is 0 Å². The fourth-order valence-electron chi connectivity index (χ4n) is 3.73. The van der Waals surface area contributed by atoms with Crippen LogP contribution in [0.2, 0.25) is 0 Å². The van der Waals surface area contributed by atoms with Crippen molar-refractivity contribution in [3.63, 3.8) is 0 Å². The Labute approximate surface area is 129 Å². The topological polar surface area (TPSA) is 30.5 Å². The molecule has 0 radical (unpaired) electrons. The van der Waals surface area contributed by atoms with Gasteiger partial charge in [-0.15, -0.1) is 0 Å². The van der Waals surface area contributed by atoms with Crippen LogP contribution in [-0.2, 0) is 4.74 Å². The van der Waals surface area contributed by atoms with Crippen molar-refractivity contribution in [3.8, 4) is 5.75 Å². The fraction of sp³-hybridized carbons (Fsp3) is 0.625. The van der Waals surface area contributed by atoms with Crippen LogP contribution in [0.5, 0.6) is 5.75 Å². The van der Waals surface area contributed by atoms with Crippen molar-refractivity contribution in [3.05, 3.63) is 22.7 Å². The molecule has 1 saturated heterocycles. The Bertz CT molecular complexity index is 503. The van der Waals surface area contributed by atoms with E-state index in [1.54, 1.807) is 7.11 Å². The number of nitrogens with one attached hydrogen (secondary N) is 1. The van der Waals surface area contributed by atoms with Crippen LogP contribution in [0, 0.1) is 11.3 Å². The molecule has 2 aliphatic rings. The molecule has 110 valence electrons. The lowest BCUT2D eigenvalue weighted by atomic mass is 9.55. The molecule has 2 fully saturated rings. The molecule has 1 saturated carbocycles. The van der Waals surface area contributed by atoms with Gasteiger partial charge < -0.3 is 14.8 Å². The monoisotopic (exact) mass is 339 g/mol. The van der Waals surface area contributed by atoms with E-state index in [-0.39, 0.29) is 5.41 Å². The van der Waals surface area contributed by atoms with E-state index in [1.807, 2.05) is 12.1 Å². The largest absolute Gasteiger partial charge is 0.497 e. The number of fused-ring (bicyclic) bond motifs is 1. The van der Waals surface area contributed by atoms with Crippen LogP contribution in [0.4, 0.5) is 5.69 Å². The molecule has 1 aromatic rings. The van der Waals surface area contributed by atoms with Gasteiger partial charge in [-0.2, -0.15) is 0 Å². The number of halogens is 1. The van der Waals surface area contributed by atoms with Gasteiger partial charge >= 0.3 is 0 Å². The number of rotatable bonds is 3. The summed E-state index contributed by atoms with van der Waals surface area (Å²) in [5.41, 5.74) is 1.28. The summed E-state index contributed by atoms with van der Waals surface area (Å²) in [6.07, 6.45) is 2.83. The lowest BCUT2D eigenvalue weighted by molar-refractivity contribution is -0.177. The third-order valence-electron chi connectivity index (χ3n) is 4.82. The summed E-state index contributed by atoms with van der Waals surface area (Å²) >= 11 is 3.62. The number of benzene rings is 1. The van der Waals surface area contributed by atoms with Crippen molar-refractivity contribution in [2.24, 2.45) is 11.3 Å². The van der Waals surface area contributed by atoms with E-state index in [2.05, 4.69) is 41.2 Å². The molecule has 3 nitrogen and oxygen atoms in total. The maximum atomic E-state index is 5.96. The SMILES string of the molecule is COc1ccc(Br)c(NC2C3CCCOC3C2(C)C)c1. The Kier molecular flexibility index (Phi) is 3.71. The van der Waals surface area contributed by atoms with Crippen LogP contribution in [0.1, 0.15) is 26.7 Å². The van der Waals surface area contributed by atoms with E-state index in [9.17, 15) is 0 Å². The Hall–Kier alpha value is -0.740. The number of hydrogen-bond donors (Lipinski definition) is 1. The second kappa shape index (κ2) is 5.23. The zero-order valence-electron chi connectivity index (χ0n) is 12.3. The zero-order valence-corrected chi connectivity index (χ0v) is 13.9. The normalized spacial score (nSPS) is 31.1. The summed E-state index contributed by atoms with van der Waals surface area (Å²) in [7, 11) is 1.70. The summed E-state index contributed by atoms with van der Waals surface area (Å²) in [5.74, 6) is 1.50. The van der Waals surface area contributed by atoms with E-state index in [4.69, 9.17) is 9.47 Å². The van der Waals surface area contributed by atoms with Gasteiger partial charge in [-0.25, -0.2) is 0 Å². The van der Waals surface area contributed by atoms with E-state index < -0.39 is 0 Å². The first-order chi connectivity index (χ1) is 9.54. The fourth-order valence-corrected chi connectivity index (χ4v) is 4.09. The standard InChI is InChI=1S/C16H22BrNO2/c1-16(2)14(11-5-4-8-20-15(11)16)18-13-9-10(19-3)6-7-12(13)17/h6-7,9,11,14-15,18H,4-5,8H2,1-3H3. The minimum absolute atomic E-state index is 0.174. The van der Waals surface area contributed by atoms with Crippen molar-refractivity contribution in [2.45, 2.75) is 38.8 Å². The van der Waals surface area contributed by atoms with E-state index in [0.29, 0.717) is 18.1 Å². The first kappa shape index (κ1) is 14.2. The van der Waals surface area contributed by atoms with Crippen LogP contribution in [-0.4, -0.2) is 25.9 Å². The first-order valence-corrected chi connectivity index (χ1v) is 8.05. The molecule has 20 heavy (non-hydrogen) atoms. The van der Waals surface area contributed by atoms with Crippen LogP contribution in [0.15, 0.2) is 22.7 Å². The zero-order chi connectivity index (χ0) is 14.3. The molecule has 1 heterocycles. The van der Waals surface area contributed by atoms with Gasteiger partial charge in [0.25, 0.3) is 0 Å². The Morgan fingerprint density at radius 1 is 1.40 bits per heavy atom. The summed E-state index contributed by atoms with van der Waals surface area (Å²) in [4.78, 5) is 0. The van der Waals surface area contributed by atoms with E-state index in [0.717, 1.165) is 22.5 Å². The lowest BCUT2D eigenvalue weighted by Crippen LogP contribution is -2.67. The summed E-state index contributed by atoms with van der Waals surface area (Å²) in [6.45, 7) is 5.51. The van der Waals surface area contributed by atoms with Crippen molar-refractivity contribution in [1.82, 2.24) is 0 Å². The highest BCUT2D eigenvalue weighted by Gasteiger charge is 2.57. The predicted molar refractivity (Wildman–Crippen MR) is 84.3 cm³/mol. The molecule has 3 rings (SSSR count). The third kappa shape index (κ3) is 2.23. The van der Waals surface area contributed by atoms with Crippen molar-refractivity contribution in [2.75, 3.05) is 19.0 Å². The van der Waals surface area contributed by atoms with Gasteiger partial charge in [-0.3, -0.25) is 0 Å². The van der Waals surface area contributed by atoms with Gasteiger partial charge in [-0.1, -0.05) is 13.8 Å². The van der Waals surface area contributed by atoms with Gasteiger partial charge in [-0.05, 0) is 40.9 Å². The Morgan fingerprint density at radius 3 is 2.95 bits per heavy atom. The minimum Gasteiger partial charge on any atom is -0.497 e. The van der Waals surface area contributed by atoms with Crippen molar-refractivity contribution < 1.29 is 9.47 Å². The molecule has 1 N–H and O–H groups in total. The molecule has 1 aromatic carbocycles. The highest BCUT2D eigenvalue weighted by Crippen LogP contribution is 2.52. The molecule has 3 atom stereocenters. The van der Waals surface area contributed by atoms with Crippen LogP contribution >= 0.6 is 15.9 Å². The first-order valence-electron chi connectivity index (χ1n) is 7.25. The molecular formula is C16H22BrNO2. The van der Waals surface area contributed by atoms with E-state index >= 15 is 0 Å². The molecule has 3 unspecified atom stereocenters. The number of anilines is 1. The molecule has 1 aliphatic carbocycles. The average Bonchev–Trinajstić information content (AvgIpc) is 2.46. The van der Waals surface area contributed by atoms with Gasteiger partial charge in [0, 0.05) is 34.5 Å². The Morgan fingerprint density at radius 2 is 2.20 bits per heavy atom. The van der Waals surface area contributed by atoms with Gasteiger partial charge in [0.1, 0.15) is 5.75 Å². The smallest absolute Gasteiger partial charge is 0.121 e. The maximum Gasteiger partial charge on any atom is 0.121 e. The quantitative estimate of drug-likeness (QED) is 0.900. The molecule has 0 bridgehead atoms. The highest BCUT2D eigenvalue weighted by molar-refractivity contribution is 9.10. The van der Waals surface area contributed by atoms with E-state index in [1.165, 1.54) is 12.8 Å². The molecular weight excluding hydrogens is 318 g/mol. The molecule has 1 aliphatic heterocycles. The Balaban J connectivity index is 1.80. The summed E-state index contributed by atoms with van der Waals surface area (Å²) in [5, 5.41) is 3.70. The average molecular weight is 340 g/mol. The molecule has 0 amide bonds. The second-order valence-corrected chi connectivity index (χ2v) is 7.24. The van der Waals surface area contributed by atoms with Crippen LogP contribution in [0.25, 0.3) is 0 Å². The minimum atomic E-state index is 0.174. The van der Waals surface area contributed by atoms with Gasteiger partial charge in [0.05, 0.1) is 18.9 Å². The summed E-state index contributed by atoms with van der Waals surface area (Å²) < 4.78 is 12.4. The summed E-state index contributed by atoms with van der Waals surface area (Å²) in [6, 6.07) is 6.50. The molecule has 0 aromatic heterocycles. The number of ether oxygens (including phenoxy) is 2. The molecule has 0 spiro atoms. The predicted octanol–water partition coefficient (Wildman–Crippen LogP) is 4.07. The number of methoxy groups -OCH3 is 1. The molecule has 4 heteroatoms.